The smallest absolute Gasteiger partial charge is 0.252 e. The number of benzene rings is 3. The van der Waals surface area contributed by atoms with Crippen LogP contribution < -0.4 is 10.0 Å². The van der Waals surface area contributed by atoms with Gasteiger partial charge in [-0.3, -0.25) is 4.79 Å². The van der Waals surface area contributed by atoms with E-state index in [1.807, 2.05) is 6.07 Å². The average Bonchev–Trinajstić information content (AvgIpc) is 3.28. The summed E-state index contributed by atoms with van der Waals surface area (Å²) in [6.45, 7) is 0.678. The van der Waals surface area contributed by atoms with Crippen molar-refractivity contribution in [3.05, 3.63) is 89.9 Å². The second-order valence-electron chi connectivity index (χ2n) is 7.49. The van der Waals surface area contributed by atoms with Crippen molar-refractivity contribution < 1.29 is 22.3 Å². The van der Waals surface area contributed by atoms with Crippen LogP contribution in [0.5, 0.6) is 0 Å². The molecular weight excluding hydrogens is 459 g/mol. The first-order valence-corrected chi connectivity index (χ1v) is 12.0. The topological polar surface area (TPSA) is 102 Å². The largest absolute Gasteiger partial charge is 0.383 e. The number of fused-ring (bicyclic) bond motifs is 1. The Morgan fingerprint density at radius 2 is 1.79 bits per heavy atom. The second-order valence-corrected chi connectivity index (χ2v) is 9.26. The van der Waals surface area contributed by atoms with Crippen molar-refractivity contribution in [3.8, 4) is 5.69 Å². The van der Waals surface area contributed by atoms with Crippen molar-refractivity contribution in [1.29, 1.82) is 0 Å². The normalized spacial score (nSPS) is 11.6. The van der Waals surface area contributed by atoms with Gasteiger partial charge < -0.3 is 10.1 Å². The molecule has 0 aliphatic rings. The summed E-state index contributed by atoms with van der Waals surface area (Å²) in [5.41, 5.74) is 2.60. The van der Waals surface area contributed by atoms with Gasteiger partial charge in [-0.25, -0.2) is 22.2 Å². The number of methoxy groups -OCH3 is 1. The van der Waals surface area contributed by atoms with Gasteiger partial charge in [-0.05, 0) is 54.1 Å². The van der Waals surface area contributed by atoms with Crippen LogP contribution in [-0.4, -0.2) is 44.4 Å². The fraction of sp³-hybridized carbons (Fsp3) is 0.167. The molecule has 0 fully saturated rings. The monoisotopic (exact) mass is 482 g/mol. The molecule has 3 aromatic carbocycles. The maximum absolute atomic E-state index is 13.3. The first-order chi connectivity index (χ1) is 16.4. The van der Waals surface area contributed by atoms with E-state index in [2.05, 4.69) is 15.1 Å². The molecule has 1 heterocycles. The molecule has 0 aliphatic carbocycles. The van der Waals surface area contributed by atoms with Crippen LogP contribution in [0.1, 0.15) is 15.9 Å². The molecule has 0 radical (unpaired) electrons. The molecule has 0 bridgehead atoms. The number of sulfonamides is 1. The Kier molecular flexibility index (Phi) is 7.01. The van der Waals surface area contributed by atoms with Crippen LogP contribution in [0.15, 0.2) is 77.8 Å². The number of nitrogens with zero attached hydrogens (tertiary/aromatic N) is 2. The summed E-state index contributed by atoms with van der Waals surface area (Å²) >= 11 is 0. The lowest BCUT2D eigenvalue weighted by Gasteiger charge is -2.09. The molecule has 2 N–H and O–H groups in total. The van der Waals surface area contributed by atoms with Crippen molar-refractivity contribution in [2.24, 2.45) is 0 Å². The summed E-state index contributed by atoms with van der Waals surface area (Å²) in [7, 11) is -2.12. The van der Waals surface area contributed by atoms with Crippen molar-refractivity contribution in [1.82, 2.24) is 19.8 Å². The fourth-order valence-electron chi connectivity index (χ4n) is 3.46. The van der Waals surface area contributed by atoms with Crippen LogP contribution in [0, 0.1) is 5.82 Å². The van der Waals surface area contributed by atoms with Crippen molar-refractivity contribution in [2.75, 3.05) is 20.3 Å². The molecule has 8 nitrogen and oxygen atoms in total. The van der Waals surface area contributed by atoms with Gasteiger partial charge in [0.25, 0.3) is 5.91 Å². The Morgan fingerprint density at radius 1 is 1.06 bits per heavy atom. The third-order valence-corrected chi connectivity index (χ3v) is 6.69. The van der Waals surface area contributed by atoms with Gasteiger partial charge >= 0.3 is 0 Å². The highest BCUT2D eigenvalue weighted by Gasteiger charge is 2.15. The van der Waals surface area contributed by atoms with Gasteiger partial charge in [-0.15, -0.1) is 0 Å². The Balaban J connectivity index is 1.46. The number of hydrogen-bond acceptors (Lipinski definition) is 5. The van der Waals surface area contributed by atoms with Crippen LogP contribution in [0.4, 0.5) is 4.39 Å². The number of aromatic nitrogens is 2. The standard InChI is InChI=1S/C24H23FN4O4S/c1-33-14-13-28-34(31,32)20-11-5-17(6-12-20)15-26-24(30)21-3-2-4-23-22(21)16-27-29(23)19-9-7-18(25)8-10-19/h2-12,16,28H,13-15H2,1H3,(H,26,30). The molecule has 176 valence electrons. The number of carbonyl (C=O) groups excluding carboxylic acids is 1. The molecule has 0 atom stereocenters. The van der Waals surface area contributed by atoms with Crippen LogP contribution in [0.2, 0.25) is 0 Å². The summed E-state index contributed by atoms with van der Waals surface area (Å²) in [6, 6.07) is 17.5. The third-order valence-electron chi connectivity index (χ3n) is 5.21. The van der Waals surface area contributed by atoms with E-state index >= 15 is 0 Å². The molecule has 4 aromatic rings. The number of amides is 1. The van der Waals surface area contributed by atoms with Crippen molar-refractivity contribution in [2.45, 2.75) is 11.4 Å². The molecule has 10 heteroatoms. The lowest BCUT2D eigenvalue weighted by molar-refractivity contribution is 0.0952. The first-order valence-electron chi connectivity index (χ1n) is 10.5. The summed E-state index contributed by atoms with van der Waals surface area (Å²) in [6.07, 6.45) is 1.60. The van der Waals surface area contributed by atoms with Gasteiger partial charge in [0.15, 0.2) is 0 Å². The van der Waals surface area contributed by atoms with Gasteiger partial charge in [0.2, 0.25) is 10.0 Å². The van der Waals surface area contributed by atoms with Gasteiger partial charge in [0, 0.05) is 25.6 Å². The lowest BCUT2D eigenvalue weighted by atomic mass is 10.1. The average molecular weight is 483 g/mol. The zero-order valence-electron chi connectivity index (χ0n) is 18.4. The van der Waals surface area contributed by atoms with Crippen LogP contribution in [0.25, 0.3) is 16.6 Å². The zero-order valence-corrected chi connectivity index (χ0v) is 19.2. The van der Waals surface area contributed by atoms with Gasteiger partial charge in [-0.1, -0.05) is 18.2 Å². The van der Waals surface area contributed by atoms with Gasteiger partial charge in [-0.2, -0.15) is 5.10 Å². The van der Waals surface area contributed by atoms with Crippen LogP contribution >= 0.6 is 0 Å². The minimum Gasteiger partial charge on any atom is -0.383 e. The second kappa shape index (κ2) is 10.1. The maximum Gasteiger partial charge on any atom is 0.252 e. The number of ether oxygens (including phenoxy) is 1. The van der Waals surface area contributed by atoms with E-state index in [-0.39, 0.29) is 36.3 Å². The van der Waals surface area contributed by atoms with Crippen LogP contribution in [-0.2, 0) is 21.3 Å². The Labute approximate surface area is 196 Å². The number of rotatable bonds is 9. The molecular formula is C24H23FN4O4S. The highest BCUT2D eigenvalue weighted by atomic mass is 32.2. The molecule has 1 amide bonds. The lowest BCUT2D eigenvalue weighted by Crippen LogP contribution is -2.27. The molecule has 0 saturated carbocycles. The summed E-state index contributed by atoms with van der Waals surface area (Å²) < 4.78 is 46.7. The van der Waals surface area contributed by atoms with Crippen molar-refractivity contribution >= 4 is 26.8 Å². The summed E-state index contributed by atoms with van der Waals surface area (Å²) in [5.74, 6) is -0.629. The molecule has 1 aromatic heterocycles. The maximum atomic E-state index is 13.3. The van der Waals surface area contributed by atoms with Crippen molar-refractivity contribution in [3.63, 3.8) is 0 Å². The summed E-state index contributed by atoms with van der Waals surface area (Å²) in [5, 5.41) is 7.88. The minimum atomic E-state index is -3.62. The predicted octanol–water partition coefficient (Wildman–Crippen LogP) is 3.02. The Morgan fingerprint density at radius 3 is 2.50 bits per heavy atom. The quantitative estimate of drug-likeness (QED) is 0.357. The molecule has 0 unspecified atom stereocenters. The van der Waals surface area contributed by atoms with Crippen LogP contribution in [0.3, 0.4) is 0 Å². The van der Waals surface area contributed by atoms with E-state index in [9.17, 15) is 17.6 Å². The Bertz CT molecular complexity index is 1400. The SMILES string of the molecule is COCCNS(=O)(=O)c1ccc(CNC(=O)c2cccc3c2cnn3-c2ccc(F)cc2)cc1. The van der Waals surface area contributed by atoms with E-state index in [0.717, 1.165) is 11.1 Å². The minimum absolute atomic E-state index is 0.136. The molecule has 34 heavy (non-hydrogen) atoms. The predicted molar refractivity (Wildman–Crippen MR) is 126 cm³/mol. The molecule has 0 saturated heterocycles. The summed E-state index contributed by atoms with van der Waals surface area (Å²) in [4.78, 5) is 13.0. The van der Waals surface area contributed by atoms with E-state index in [0.29, 0.717) is 16.6 Å². The molecule has 0 spiro atoms. The van der Waals surface area contributed by atoms with E-state index in [1.165, 1.54) is 31.4 Å². The molecule has 4 rings (SSSR count). The molecule has 0 aliphatic heterocycles. The zero-order chi connectivity index (χ0) is 24.1. The number of hydrogen-bond donors (Lipinski definition) is 2. The number of carbonyl (C=O) groups is 1. The van der Waals surface area contributed by atoms with Gasteiger partial charge in [0.05, 0.1) is 34.5 Å². The number of nitrogens with one attached hydrogen (secondary N) is 2. The first kappa shape index (κ1) is 23.6. The third kappa shape index (κ3) is 5.14. The Hall–Kier alpha value is -3.60. The van der Waals surface area contributed by atoms with E-state index in [1.54, 1.807) is 47.3 Å². The highest BCUT2D eigenvalue weighted by molar-refractivity contribution is 7.89. The number of halogens is 1. The van der Waals surface area contributed by atoms with E-state index < -0.39 is 10.0 Å². The highest BCUT2D eigenvalue weighted by Crippen LogP contribution is 2.22. The van der Waals surface area contributed by atoms with E-state index in [4.69, 9.17) is 4.74 Å². The fourth-order valence-corrected chi connectivity index (χ4v) is 4.48. The van der Waals surface area contributed by atoms with Gasteiger partial charge in [0.1, 0.15) is 5.82 Å².